The Balaban J connectivity index is 1.50. The van der Waals surface area contributed by atoms with Crippen LogP contribution in [-0.2, 0) is 4.79 Å². The van der Waals surface area contributed by atoms with E-state index in [2.05, 4.69) is 20.6 Å². The summed E-state index contributed by atoms with van der Waals surface area (Å²) in [6.45, 7) is 2.31. The largest absolute Gasteiger partial charge is 0.465 e. The van der Waals surface area contributed by atoms with E-state index in [9.17, 15) is 23.5 Å². The number of fused-ring (bicyclic) bond motifs is 1. The third kappa shape index (κ3) is 4.92. The van der Waals surface area contributed by atoms with Crippen molar-refractivity contribution in [1.82, 2.24) is 24.4 Å². The van der Waals surface area contributed by atoms with Gasteiger partial charge in [0.25, 0.3) is 0 Å². The Morgan fingerprint density at radius 2 is 1.82 bits per heavy atom. The lowest BCUT2D eigenvalue weighted by molar-refractivity contribution is -0.122. The number of carbonyl (C=O) groups is 2. The molecule has 1 aromatic carbocycles. The summed E-state index contributed by atoms with van der Waals surface area (Å²) in [6, 6.07) is 2.98. The van der Waals surface area contributed by atoms with Crippen molar-refractivity contribution in [3.05, 3.63) is 36.0 Å². The number of primary amides is 1. The van der Waals surface area contributed by atoms with Crippen molar-refractivity contribution >= 4 is 40.7 Å². The molecule has 1 aliphatic heterocycles. The van der Waals surface area contributed by atoms with E-state index in [4.69, 9.17) is 10.7 Å². The number of carbonyl (C=O) groups excluding carboxylic acids is 1. The predicted octanol–water partition coefficient (Wildman–Crippen LogP) is 4.01. The number of anilines is 3. The number of para-hydroxylation sites is 1. The molecule has 11 nitrogen and oxygen atoms in total. The standard InChI is InChI=1S/C25H30F2N8O3/c1-13-18(6-3-11-34(13)25(37)38)30-23-29-12-19-22(33-23)35(15-9-7-14(8-10-15)21(28)36)24(31-19)32-20-16(26)4-2-5-17(20)27/h2,4-5,12-15,18H,3,6-11H2,1H3,(H2,28,36)(H,31,32)(H,37,38)(H,29,30,33). The van der Waals surface area contributed by atoms with Crippen molar-refractivity contribution < 1.29 is 23.5 Å². The first-order valence-electron chi connectivity index (χ1n) is 12.7. The van der Waals surface area contributed by atoms with Gasteiger partial charge in [-0.15, -0.1) is 0 Å². The van der Waals surface area contributed by atoms with Gasteiger partial charge in [0, 0.05) is 24.5 Å². The van der Waals surface area contributed by atoms with E-state index >= 15 is 0 Å². The van der Waals surface area contributed by atoms with Crippen molar-refractivity contribution in [2.75, 3.05) is 17.2 Å². The summed E-state index contributed by atoms with van der Waals surface area (Å²) in [5.74, 6) is -1.57. The zero-order chi connectivity index (χ0) is 27.0. The van der Waals surface area contributed by atoms with Crippen LogP contribution in [0.25, 0.3) is 11.2 Å². The quantitative estimate of drug-likeness (QED) is 0.375. The highest BCUT2D eigenvalue weighted by Crippen LogP contribution is 2.37. The summed E-state index contributed by atoms with van der Waals surface area (Å²) >= 11 is 0. The molecular formula is C25H30F2N8O3. The smallest absolute Gasteiger partial charge is 0.407 e. The summed E-state index contributed by atoms with van der Waals surface area (Å²) in [6.07, 6.45) is 4.38. The van der Waals surface area contributed by atoms with Gasteiger partial charge in [0.15, 0.2) is 5.65 Å². The summed E-state index contributed by atoms with van der Waals surface area (Å²) in [5, 5.41) is 15.6. The van der Waals surface area contributed by atoms with Crippen LogP contribution in [0.2, 0.25) is 0 Å². The van der Waals surface area contributed by atoms with Gasteiger partial charge in [0.2, 0.25) is 17.8 Å². The number of halogens is 2. The van der Waals surface area contributed by atoms with E-state index in [-0.39, 0.29) is 41.6 Å². The molecule has 0 spiro atoms. The Kier molecular flexibility index (Phi) is 7.00. The molecule has 13 heteroatoms. The van der Waals surface area contributed by atoms with Gasteiger partial charge in [0.05, 0.1) is 12.2 Å². The number of aromatic nitrogens is 4. The van der Waals surface area contributed by atoms with Gasteiger partial charge >= 0.3 is 6.09 Å². The minimum atomic E-state index is -0.971. The molecular weight excluding hydrogens is 498 g/mol. The molecule has 38 heavy (non-hydrogen) atoms. The van der Waals surface area contributed by atoms with E-state index in [0.717, 1.165) is 18.6 Å². The Bertz CT molecular complexity index is 1340. The molecule has 3 aromatic rings. The number of nitrogens with zero attached hydrogens (tertiary/aromatic N) is 5. The maximum absolute atomic E-state index is 14.5. The molecule has 2 unspecified atom stereocenters. The first kappa shape index (κ1) is 25.6. The van der Waals surface area contributed by atoms with E-state index in [0.29, 0.717) is 55.8 Å². The average molecular weight is 529 g/mol. The van der Waals surface area contributed by atoms with E-state index in [1.54, 1.807) is 4.57 Å². The lowest BCUT2D eigenvalue weighted by Gasteiger charge is -2.37. The number of nitrogens with two attached hydrogens (primary N) is 1. The lowest BCUT2D eigenvalue weighted by atomic mass is 9.85. The van der Waals surface area contributed by atoms with Gasteiger partial charge in [-0.2, -0.15) is 4.98 Å². The predicted molar refractivity (Wildman–Crippen MR) is 136 cm³/mol. The molecule has 0 radical (unpaired) electrons. The number of piperidine rings is 1. The van der Waals surface area contributed by atoms with Gasteiger partial charge in [-0.05, 0) is 57.6 Å². The van der Waals surface area contributed by atoms with Crippen LogP contribution in [0.4, 0.5) is 31.2 Å². The van der Waals surface area contributed by atoms with Gasteiger partial charge < -0.3 is 26.4 Å². The molecule has 5 N–H and O–H groups in total. The highest BCUT2D eigenvalue weighted by Gasteiger charge is 2.32. The van der Waals surface area contributed by atoms with Crippen LogP contribution in [-0.4, -0.2) is 60.2 Å². The number of carboxylic acid groups (broad SMARTS) is 1. The topological polar surface area (TPSA) is 151 Å². The number of imidazole rings is 1. The molecule has 2 aromatic heterocycles. The summed E-state index contributed by atoms with van der Waals surface area (Å²) in [5.41, 5.74) is 6.07. The monoisotopic (exact) mass is 528 g/mol. The summed E-state index contributed by atoms with van der Waals surface area (Å²) in [7, 11) is 0. The zero-order valence-electron chi connectivity index (χ0n) is 20.9. The summed E-state index contributed by atoms with van der Waals surface area (Å²) in [4.78, 5) is 38.3. The van der Waals surface area contributed by atoms with Crippen LogP contribution in [0.3, 0.4) is 0 Å². The minimum Gasteiger partial charge on any atom is -0.465 e. The van der Waals surface area contributed by atoms with Gasteiger partial charge in [-0.1, -0.05) is 6.07 Å². The minimum absolute atomic E-state index is 0.146. The van der Waals surface area contributed by atoms with Crippen molar-refractivity contribution in [3.8, 4) is 0 Å². The second-order valence-electron chi connectivity index (χ2n) is 9.95. The van der Waals surface area contributed by atoms with Crippen LogP contribution in [0, 0.1) is 17.6 Å². The Labute approximate surface area is 217 Å². The molecule has 2 fully saturated rings. The number of nitrogens with one attached hydrogen (secondary N) is 2. The van der Waals surface area contributed by atoms with Crippen molar-refractivity contribution in [2.45, 2.75) is 63.6 Å². The van der Waals surface area contributed by atoms with E-state index in [1.807, 2.05) is 6.92 Å². The molecule has 2 amide bonds. The fourth-order valence-electron chi connectivity index (χ4n) is 5.51. The van der Waals surface area contributed by atoms with Crippen LogP contribution in [0.5, 0.6) is 0 Å². The molecule has 1 aliphatic carbocycles. The Morgan fingerprint density at radius 3 is 2.47 bits per heavy atom. The third-order valence-corrected chi connectivity index (χ3v) is 7.64. The first-order valence-corrected chi connectivity index (χ1v) is 12.7. The van der Waals surface area contributed by atoms with E-state index < -0.39 is 17.7 Å². The van der Waals surface area contributed by atoms with Crippen molar-refractivity contribution in [1.29, 1.82) is 0 Å². The van der Waals surface area contributed by atoms with Gasteiger partial charge in [0.1, 0.15) is 22.8 Å². The second-order valence-corrected chi connectivity index (χ2v) is 9.95. The number of benzene rings is 1. The molecule has 2 aliphatic rings. The lowest BCUT2D eigenvalue weighted by Crippen LogP contribution is -2.51. The molecule has 5 rings (SSSR count). The second kappa shape index (κ2) is 10.4. The average Bonchev–Trinajstić information content (AvgIpc) is 3.24. The van der Waals surface area contributed by atoms with Crippen LogP contribution in [0.15, 0.2) is 24.4 Å². The maximum Gasteiger partial charge on any atom is 0.407 e. The van der Waals surface area contributed by atoms with E-state index in [1.165, 1.54) is 17.2 Å². The van der Waals surface area contributed by atoms with Crippen LogP contribution in [0.1, 0.15) is 51.5 Å². The van der Waals surface area contributed by atoms with Crippen molar-refractivity contribution in [2.24, 2.45) is 11.7 Å². The molecule has 3 heterocycles. The molecule has 1 saturated carbocycles. The summed E-state index contributed by atoms with van der Waals surface area (Å²) < 4.78 is 30.8. The number of hydrogen-bond acceptors (Lipinski definition) is 7. The highest BCUT2D eigenvalue weighted by molar-refractivity contribution is 5.78. The number of likely N-dealkylation sites (tertiary alicyclic amines) is 1. The Morgan fingerprint density at radius 1 is 1.11 bits per heavy atom. The van der Waals surface area contributed by atoms with Gasteiger partial charge in [-0.3, -0.25) is 9.36 Å². The van der Waals surface area contributed by atoms with Crippen LogP contribution < -0.4 is 16.4 Å². The number of amides is 2. The van der Waals surface area contributed by atoms with Crippen LogP contribution >= 0.6 is 0 Å². The fraction of sp³-hybridized carbons (Fsp3) is 0.480. The van der Waals surface area contributed by atoms with Gasteiger partial charge in [-0.25, -0.2) is 23.5 Å². The van der Waals surface area contributed by atoms with Crippen molar-refractivity contribution in [3.63, 3.8) is 0 Å². The number of rotatable bonds is 6. The molecule has 2 atom stereocenters. The number of hydrogen-bond donors (Lipinski definition) is 4. The molecule has 1 saturated heterocycles. The molecule has 202 valence electrons. The first-order chi connectivity index (χ1) is 18.2. The third-order valence-electron chi connectivity index (χ3n) is 7.64. The highest BCUT2D eigenvalue weighted by atomic mass is 19.1. The maximum atomic E-state index is 14.5. The fourth-order valence-corrected chi connectivity index (χ4v) is 5.51. The Hall–Kier alpha value is -4.03. The SMILES string of the molecule is CC1C(Nc2ncc3nc(Nc4c(F)cccc4F)n(C4CCC(C(N)=O)CC4)c3n2)CCCN1C(=O)O. The molecule has 0 bridgehead atoms. The normalized spacial score (nSPS) is 23.8. The zero-order valence-corrected chi connectivity index (χ0v) is 20.9.